The number of para-hydroxylation sites is 1. The minimum atomic E-state index is -0.642. The maximum atomic E-state index is 12.4. The summed E-state index contributed by atoms with van der Waals surface area (Å²) in [7, 11) is 0. The van der Waals surface area contributed by atoms with Crippen LogP contribution in [-0.2, 0) is 0 Å². The average molecular weight is 343 g/mol. The molecule has 24 heavy (non-hydrogen) atoms. The summed E-state index contributed by atoms with van der Waals surface area (Å²) in [4.78, 5) is 25.0. The van der Waals surface area contributed by atoms with E-state index in [2.05, 4.69) is 25.4 Å². The van der Waals surface area contributed by atoms with Crippen LogP contribution in [0, 0.1) is 13.8 Å². The van der Waals surface area contributed by atoms with Crippen molar-refractivity contribution in [3.63, 3.8) is 0 Å². The van der Waals surface area contributed by atoms with E-state index in [0.29, 0.717) is 22.0 Å². The van der Waals surface area contributed by atoms with E-state index in [0.717, 1.165) is 11.5 Å². The molecule has 3 aromatic rings. The summed E-state index contributed by atoms with van der Waals surface area (Å²) < 4.78 is 9.05. The second kappa shape index (κ2) is 6.59. The van der Waals surface area contributed by atoms with Crippen molar-refractivity contribution in [1.29, 1.82) is 0 Å². The van der Waals surface area contributed by atoms with Crippen molar-refractivity contribution in [3.8, 4) is 10.6 Å². The first-order valence-electron chi connectivity index (χ1n) is 6.99. The molecule has 2 aromatic heterocycles. The third-order valence-electron chi connectivity index (χ3n) is 3.21. The van der Waals surface area contributed by atoms with Crippen molar-refractivity contribution in [2.75, 3.05) is 5.32 Å². The van der Waals surface area contributed by atoms with E-state index in [9.17, 15) is 9.59 Å². The Morgan fingerprint density at radius 3 is 2.54 bits per heavy atom. The number of anilines is 1. The molecule has 0 fully saturated rings. The van der Waals surface area contributed by atoms with E-state index in [1.54, 1.807) is 38.1 Å². The van der Waals surface area contributed by atoms with Gasteiger partial charge in [0.1, 0.15) is 10.4 Å². The number of aryl methyl sites for hydroxylation is 2. The number of carbonyl (C=O) groups is 2. The van der Waals surface area contributed by atoms with Gasteiger partial charge in [0.15, 0.2) is 5.76 Å². The fraction of sp³-hybridized carbons (Fsp3) is 0.133. The number of rotatable bonds is 3. The van der Waals surface area contributed by atoms with Crippen LogP contribution < -0.4 is 10.6 Å². The molecule has 122 valence electrons. The maximum absolute atomic E-state index is 12.4. The molecule has 2 heterocycles. The second-order valence-electron chi connectivity index (χ2n) is 4.93. The summed E-state index contributed by atoms with van der Waals surface area (Å²) in [6, 6.07) is 8.17. The van der Waals surface area contributed by atoms with Gasteiger partial charge in [0.2, 0.25) is 0 Å². The van der Waals surface area contributed by atoms with Gasteiger partial charge < -0.3 is 9.84 Å². The molecule has 0 saturated carbocycles. The zero-order valence-electron chi connectivity index (χ0n) is 12.9. The summed E-state index contributed by atoms with van der Waals surface area (Å²) in [5.41, 5.74) is 1.77. The van der Waals surface area contributed by atoms with E-state index in [4.69, 9.17) is 4.52 Å². The van der Waals surface area contributed by atoms with E-state index >= 15 is 0 Å². The van der Waals surface area contributed by atoms with Crippen LogP contribution in [0.5, 0.6) is 0 Å². The van der Waals surface area contributed by atoms with E-state index < -0.39 is 11.9 Å². The number of nitrogens with zero attached hydrogens (tertiary/aromatic N) is 3. The number of carbonyl (C=O) groups excluding carboxylic acids is 2. The summed E-state index contributed by atoms with van der Waals surface area (Å²) in [5.74, 6) is -0.352. The zero-order valence-corrected chi connectivity index (χ0v) is 13.7. The van der Waals surface area contributed by atoms with Crippen LogP contribution in [-0.4, -0.2) is 26.7 Å². The van der Waals surface area contributed by atoms with Crippen LogP contribution in [0.25, 0.3) is 10.6 Å². The molecule has 3 rings (SSSR count). The van der Waals surface area contributed by atoms with Gasteiger partial charge >= 0.3 is 6.03 Å². The molecule has 9 heteroatoms. The van der Waals surface area contributed by atoms with Crippen LogP contribution in [0.3, 0.4) is 0 Å². The minimum Gasteiger partial charge on any atom is -0.354 e. The van der Waals surface area contributed by atoms with Crippen molar-refractivity contribution < 1.29 is 14.1 Å². The van der Waals surface area contributed by atoms with Gasteiger partial charge in [0.05, 0.1) is 11.4 Å². The van der Waals surface area contributed by atoms with Crippen LogP contribution in [0.4, 0.5) is 10.5 Å². The van der Waals surface area contributed by atoms with Crippen molar-refractivity contribution in [2.45, 2.75) is 13.8 Å². The van der Waals surface area contributed by atoms with Gasteiger partial charge in [0.25, 0.3) is 5.91 Å². The number of aromatic nitrogens is 3. The Morgan fingerprint density at radius 1 is 1.12 bits per heavy atom. The Hall–Kier alpha value is -3.07. The fourth-order valence-corrected chi connectivity index (χ4v) is 2.72. The van der Waals surface area contributed by atoms with E-state index in [1.807, 2.05) is 6.07 Å². The van der Waals surface area contributed by atoms with E-state index in [-0.39, 0.29) is 11.3 Å². The number of nitrogens with one attached hydrogen (secondary N) is 2. The molecule has 1 aromatic carbocycles. The molecule has 0 unspecified atom stereocenters. The lowest BCUT2D eigenvalue weighted by molar-refractivity contribution is 0.0967. The first-order chi connectivity index (χ1) is 11.6. The summed E-state index contributed by atoms with van der Waals surface area (Å²) in [6.45, 7) is 3.38. The highest BCUT2D eigenvalue weighted by atomic mass is 32.1. The van der Waals surface area contributed by atoms with Gasteiger partial charge in [-0.15, -0.1) is 5.10 Å². The quantitative estimate of drug-likeness (QED) is 0.756. The molecule has 8 nitrogen and oxygen atoms in total. The molecule has 0 aliphatic carbocycles. The topological polar surface area (TPSA) is 110 Å². The molecular formula is C15H13N5O3S. The lowest BCUT2D eigenvalue weighted by Crippen LogP contribution is -2.34. The normalized spacial score (nSPS) is 10.4. The Morgan fingerprint density at radius 2 is 1.88 bits per heavy atom. The maximum Gasteiger partial charge on any atom is 0.326 e. The summed E-state index contributed by atoms with van der Waals surface area (Å²) in [6.07, 6.45) is 0. The number of urea groups is 1. The third-order valence-corrected chi connectivity index (χ3v) is 4.03. The number of hydrogen-bond donors (Lipinski definition) is 2. The van der Waals surface area contributed by atoms with Gasteiger partial charge in [-0.3, -0.25) is 10.1 Å². The van der Waals surface area contributed by atoms with Crippen molar-refractivity contribution >= 4 is 29.2 Å². The zero-order chi connectivity index (χ0) is 17.1. The highest BCUT2D eigenvalue weighted by molar-refractivity contribution is 7.09. The van der Waals surface area contributed by atoms with Gasteiger partial charge in [-0.25, -0.2) is 4.79 Å². The monoisotopic (exact) mass is 343 g/mol. The Kier molecular flexibility index (Phi) is 4.34. The largest absolute Gasteiger partial charge is 0.354 e. The second-order valence-corrected chi connectivity index (χ2v) is 5.69. The Balaban J connectivity index is 1.80. The number of imide groups is 1. The van der Waals surface area contributed by atoms with Gasteiger partial charge in [-0.1, -0.05) is 27.8 Å². The fourth-order valence-electron chi connectivity index (χ4n) is 2.08. The third kappa shape index (κ3) is 3.15. The molecule has 2 N–H and O–H groups in total. The lowest BCUT2D eigenvalue weighted by Gasteiger charge is -2.06. The smallest absolute Gasteiger partial charge is 0.326 e. The van der Waals surface area contributed by atoms with Crippen molar-refractivity contribution in [3.05, 3.63) is 47.3 Å². The molecule has 0 radical (unpaired) electrons. The standard InChI is InChI=1S/C15H13N5O3S/c1-8-11(12(23-19-8)13-9(2)18-20-24-13)14(21)17-15(22)16-10-6-4-3-5-7-10/h3-7H,1-2H3,(H2,16,17,21,22). The number of hydrogen-bond acceptors (Lipinski definition) is 7. The highest BCUT2D eigenvalue weighted by Gasteiger charge is 2.26. The molecule has 0 atom stereocenters. The van der Waals surface area contributed by atoms with Crippen LogP contribution in [0.15, 0.2) is 34.9 Å². The Labute approximate surface area is 141 Å². The van der Waals surface area contributed by atoms with Gasteiger partial charge in [-0.2, -0.15) is 0 Å². The molecule has 3 amide bonds. The van der Waals surface area contributed by atoms with E-state index in [1.165, 1.54) is 0 Å². The molecule has 0 aliphatic heterocycles. The van der Waals surface area contributed by atoms with Gasteiger partial charge in [-0.05, 0) is 37.5 Å². The average Bonchev–Trinajstić information content (AvgIpc) is 3.13. The first kappa shape index (κ1) is 15.8. The Bertz CT molecular complexity index is 888. The van der Waals surface area contributed by atoms with Crippen LogP contribution in [0.1, 0.15) is 21.7 Å². The minimum absolute atomic E-state index is 0.187. The molecule has 0 spiro atoms. The SMILES string of the molecule is Cc1nnsc1-c1onc(C)c1C(=O)NC(=O)Nc1ccccc1. The van der Waals surface area contributed by atoms with Crippen LogP contribution in [0.2, 0.25) is 0 Å². The predicted octanol–water partition coefficient (Wildman–Crippen LogP) is 2.77. The lowest BCUT2D eigenvalue weighted by atomic mass is 10.1. The van der Waals surface area contributed by atoms with Gasteiger partial charge in [0, 0.05) is 5.69 Å². The highest BCUT2D eigenvalue weighted by Crippen LogP contribution is 2.30. The summed E-state index contributed by atoms with van der Waals surface area (Å²) in [5, 5.41) is 12.5. The summed E-state index contributed by atoms with van der Waals surface area (Å²) >= 11 is 1.09. The number of benzene rings is 1. The van der Waals surface area contributed by atoms with Crippen molar-refractivity contribution in [2.24, 2.45) is 0 Å². The van der Waals surface area contributed by atoms with Crippen molar-refractivity contribution in [1.82, 2.24) is 20.1 Å². The molecular weight excluding hydrogens is 330 g/mol. The predicted molar refractivity (Wildman–Crippen MR) is 87.8 cm³/mol. The van der Waals surface area contributed by atoms with Crippen LogP contribution >= 0.6 is 11.5 Å². The molecule has 0 bridgehead atoms. The molecule has 0 saturated heterocycles. The first-order valence-corrected chi connectivity index (χ1v) is 7.76. The number of amides is 3. The molecule has 0 aliphatic rings.